The molecule has 8 heteroatoms. The fourth-order valence-corrected chi connectivity index (χ4v) is 5.78. The SMILES string of the molecule is CCOC(=O)c1c(NC(=O)CSc2nc(C)cc(C)c2C#N)sc2c1CCCCC2. The lowest BCUT2D eigenvalue weighted by molar-refractivity contribution is -0.113. The standard InChI is InChI=1S/C22H25N3O3S2/c1-4-28-22(27)19-15-8-6-5-7-9-17(15)30-21(19)25-18(26)12-29-20-16(11-23)13(2)10-14(3)24-20/h10H,4-9,12H2,1-3H3,(H,25,26). The molecule has 0 radical (unpaired) electrons. The number of thioether (sulfide) groups is 1. The third-order valence-electron chi connectivity index (χ3n) is 4.92. The molecule has 1 amide bonds. The molecule has 1 N–H and O–H groups in total. The van der Waals surface area contributed by atoms with Crippen LogP contribution in [-0.4, -0.2) is 29.2 Å². The number of esters is 1. The maximum atomic E-state index is 12.7. The molecule has 0 saturated carbocycles. The molecule has 0 unspecified atom stereocenters. The first-order valence-electron chi connectivity index (χ1n) is 10.1. The lowest BCUT2D eigenvalue weighted by Crippen LogP contribution is -2.17. The van der Waals surface area contributed by atoms with Gasteiger partial charge in [-0.15, -0.1) is 11.3 Å². The Morgan fingerprint density at radius 2 is 2.07 bits per heavy atom. The predicted molar refractivity (Wildman–Crippen MR) is 119 cm³/mol. The summed E-state index contributed by atoms with van der Waals surface area (Å²) in [7, 11) is 0. The average Bonchev–Trinajstić information content (AvgIpc) is 2.86. The van der Waals surface area contributed by atoms with Gasteiger partial charge in [0.2, 0.25) is 5.91 Å². The molecule has 1 aliphatic carbocycles. The van der Waals surface area contributed by atoms with E-state index < -0.39 is 0 Å². The minimum Gasteiger partial charge on any atom is -0.462 e. The van der Waals surface area contributed by atoms with Crippen molar-refractivity contribution in [3.05, 3.63) is 38.9 Å². The number of amides is 1. The number of carbonyl (C=O) groups is 2. The second kappa shape index (κ2) is 10.1. The molecule has 30 heavy (non-hydrogen) atoms. The van der Waals surface area contributed by atoms with Crippen LogP contribution in [0.15, 0.2) is 11.1 Å². The Labute approximate surface area is 185 Å². The van der Waals surface area contributed by atoms with E-state index in [4.69, 9.17) is 4.74 Å². The monoisotopic (exact) mass is 443 g/mol. The van der Waals surface area contributed by atoms with Gasteiger partial charge in [-0.2, -0.15) is 5.26 Å². The third-order valence-corrected chi connectivity index (χ3v) is 7.10. The number of nitrogens with zero attached hydrogens (tertiary/aromatic N) is 2. The quantitative estimate of drug-likeness (QED) is 0.391. The van der Waals surface area contributed by atoms with Gasteiger partial charge in [-0.25, -0.2) is 9.78 Å². The van der Waals surface area contributed by atoms with Gasteiger partial charge in [0.25, 0.3) is 0 Å². The third kappa shape index (κ3) is 5.02. The molecular formula is C22H25N3O3S2. The maximum Gasteiger partial charge on any atom is 0.341 e. The van der Waals surface area contributed by atoms with E-state index in [9.17, 15) is 14.9 Å². The largest absolute Gasteiger partial charge is 0.462 e. The molecule has 0 aromatic carbocycles. The van der Waals surface area contributed by atoms with Crippen molar-refractivity contribution in [2.45, 2.75) is 57.9 Å². The highest BCUT2D eigenvalue weighted by Crippen LogP contribution is 2.38. The number of carbonyl (C=O) groups excluding carboxylic acids is 2. The van der Waals surface area contributed by atoms with Gasteiger partial charge in [0.1, 0.15) is 16.1 Å². The summed E-state index contributed by atoms with van der Waals surface area (Å²) in [4.78, 5) is 30.9. The number of hydrogen-bond acceptors (Lipinski definition) is 7. The molecule has 2 aromatic rings. The number of aromatic nitrogens is 1. The molecule has 6 nitrogen and oxygen atoms in total. The molecule has 2 heterocycles. The molecular weight excluding hydrogens is 418 g/mol. The van der Waals surface area contributed by atoms with E-state index in [1.54, 1.807) is 6.92 Å². The number of fused-ring (bicyclic) bond motifs is 1. The van der Waals surface area contributed by atoms with Crippen molar-refractivity contribution in [1.82, 2.24) is 4.98 Å². The van der Waals surface area contributed by atoms with E-state index in [2.05, 4.69) is 16.4 Å². The van der Waals surface area contributed by atoms with Gasteiger partial charge < -0.3 is 10.1 Å². The van der Waals surface area contributed by atoms with E-state index >= 15 is 0 Å². The van der Waals surface area contributed by atoms with Crippen LogP contribution in [0.4, 0.5) is 5.00 Å². The molecule has 3 rings (SSSR count). The lowest BCUT2D eigenvalue weighted by atomic mass is 10.1. The number of anilines is 1. The number of nitrogens with one attached hydrogen (secondary N) is 1. The fourth-order valence-electron chi connectivity index (χ4n) is 3.59. The van der Waals surface area contributed by atoms with Gasteiger partial charge in [-0.1, -0.05) is 18.2 Å². The van der Waals surface area contributed by atoms with Crippen LogP contribution in [0.1, 0.15) is 63.8 Å². The van der Waals surface area contributed by atoms with Crippen molar-refractivity contribution in [1.29, 1.82) is 5.26 Å². The van der Waals surface area contributed by atoms with Gasteiger partial charge in [0, 0.05) is 10.6 Å². The number of hydrogen-bond donors (Lipinski definition) is 1. The molecule has 0 spiro atoms. The van der Waals surface area contributed by atoms with E-state index in [0.29, 0.717) is 27.8 Å². The summed E-state index contributed by atoms with van der Waals surface area (Å²) in [5.41, 5.74) is 3.69. The number of aryl methyl sites for hydroxylation is 3. The number of nitriles is 1. The number of pyridine rings is 1. The molecule has 0 fully saturated rings. The highest BCUT2D eigenvalue weighted by molar-refractivity contribution is 8.00. The number of rotatable bonds is 6. The van der Waals surface area contributed by atoms with Crippen LogP contribution in [0, 0.1) is 25.2 Å². The maximum absolute atomic E-state index is 12.7. The molecule has 1 aliphatic rings. The summed E-state index contributed by atoms with van der Waals surface area (Å²) in [5, 5.41) is 13.4. The van der Waals surface area contributed by atoms with Crippen LogP contribution >= 0.6 is 23.1 Å². The van der Waals surface area contributed by atoms with Crippen LogP contribution < -0.4 is 5.32 Å². The smallest absolute Gasteiger partial charge is 0.341 e. The summed E-state index contributed by atoms with van der Waals surface area (Å²) in [5.74, 6) is -0.496. The van der Waals surface area contributed by atoms with Crippen LogP contribution in [0.5, 0.6) is 0 Å². The second-order valence-electron chi connectivity index (χ2n) is 7.20. The first kappa shape index (κ1) is 22.3. The predicted octanol–water partition coefficient (Wildman–Crippen LogP) is 4.81. The normalized spacial score (nSPS) is 13.1. The van der Waals surface area contributed by atoms with Crippen LogP contribution in [0.2, 0.25) is 0 Å². The van der Waals surface area contributed by atoms with Gasteiger partial charge in [0.05, 0.1) is 23.5 Å². The van der Waals surface area contributed by atoms with E-state index in [1.165, 1.54) is 28.0 Å². The van der Waals surface area contributed by atoms with Gasteiger partial charge in [-0.05, 0) is 63.6 Å². The van der Waals surface area contributed by atoms with Crippen molar-refractivity contribution >= 4 is 40.0 Å². The number of thiophene rings is 1. The zero-order valence-corrected chi connectivity index (χ0v) is 19.1. The van der Waals surface area contributed by atoms with Crippen molar-refractivity contribution in [3.8, 4) is 6.07 Å². The highest BCUT2D eigenvalue weighted by atomic mass is 32.2. The summed E-state index contributed by atoms with van der Waals surface area (Å²) < 4.78 is 5.27. The summed E-state index contributed by atoms with van der Waals surface area (Å²) in [6.45, 7) is 5.80. The molecule has 0 bridgehead atoms. The van der Waals surface area contributed by atoms with Gasteiger partial charge in [0.15, 0.2) is 0 Å². The Kier molecular flexibility index (Phi) is 7.51. The number of ether oxygens (including phenoxy) is 1. The van der Waals surface area contributed by atoms with Crippen LogP contribution in [-0.2, 0) is 22.4 Å². The summed E-state index contributed by atoms with van der Waals surface area (Å²) in [6, 6.07) is 4.02. The Hall–Kier alpha value is -2.37. The van der Waals surface area contributed by atoms with Gasteiger partial charge >= 0.3 is 5.97 Å². The minimum absolute atomic E-state index is 0.107. The van der Waals surface area contributed by atoms with Crippen LogP contribution in [0.3, 0.4) is 0 Å². The second-order valence-corrected chi connectivity index (χ2v) is 9.27. The Balaban J connectivity index is 1.79. The molecule has 0 saturated heterocycles. The first-order valence-corrected chi connectivity index (χ1v) is 11.9. The minimum atomic E-state index is -0.373. The van der Waals surface area contributed by atoms with Gasteiger partial charge in [-0.3, -0.25) is 4.79 Å². The zero-order valence-electron chi connectivity index (χ0n) is 17.5. The highest BCUT2D eigenvalue weighted by Gasteiger charge is 2.26. The van der Waals surface area contributed by atoms with Crippen molar-refractivity contribution in [3.63, 3.8) is 0 Å². The average molecular weight is 444 g/mol. The van der Waals surface area contributed by atoms with Crippen molar-refractivity contribution < 1.29 is 14.3 Å². The zero-order chi connectivity index (χ0) is 21.7. The van der Waals surface area contributed by atoms with Crippen LogP contribution in [0.25, 0.3) is 0 Å². The van der Waals surface area contributed by atoms with E-state index in [0.717, 1.165) is 48.9 Å². The topological polar surface area (TPSA) is 92.1 Å². The summed E-state index contributed by atoms with van der Waals surface area (Å²) in [6.07, 6.45) is 5.03. The Bertz CT molecular complexity index is 1010. The first-order chi connectivity index (χ1) is 14.4. The van der Waals surface area contributed by atoms with E-state index in [-0.39, 0.29) is 17.6 Å². The molecule has 0 atom stereocenters. The lowest BCUT2D eigenvalue weighted by Gasteiger charge is -2.09. The summed E-state index contributed by atoms with van der Waals surface area (Å²) >= 11 is 2.71. The fraction of sp³-hybridized carbons (Fsp3) is 0.455. The molecule has 158 valence electrons. The van der Waals surface area contributed by atoms with Crippen molar-refractivity contribution in [2.24, 2.45) is 0 Å². The van der Waals surface area contributed by atoms with E-state index in [1.807, 2.05) is 19.9 Å². The molecule has 0 aliphatic heterocycles. The Morgan fingerprint density at radius 3 is 2.80 bits per heavy atom. The van der Waals surface area contributed by atoms with Crippen molar-refractivity contribution in [2.75, 3.05) is 17.7 Å². The molecule has 2 aromatic heterocycles. The Morgan fingerprint density at radius 1 is 1.30 bits per heavy atom.